The van der Waals surface area contributed by atoms with Crippen LogP contribution in [0.15, 0.2) is 66.8 Å². The van der Waals surface area contributed by atoms with Gasteiger partial charge in [0.1, 0.15) is 0 Å². The molecule has 0 nitrogen and oxygen atoms in total. The first-order valence-corrected chi connectivity index (χ1v) is 9.80. The maximum absolute atomic E-state index is 2.46. The third kappa shape index (κ3) is 4.72. The van der Waals surface area contributed by atoms with Crippen molar-refractivity contribution in [1.82, 2.24) is 0 Å². The van der Waals surface area contributed by atoms with Gasteiger partial charge in [-0.05, 0) is 72.8 Å². The number of hydrogen-bond donors (Lipinski definition) is 0. The van der Waals surface area contributed by atoms with Gasteiger partial charge >= 0.3 is 0 Å². The highest BCUT2D eigenvalue weighted by atomic mass is 14.2. The molecule has 2 aromatic rings. The van der Waals surface area contributed by atoms with E-state index in [-0.39, 0.29) is 0 Å². The van der Waals surface area contributed by atoms with Crippen LogP contribution in [0.25, 0.3) is 16.7 Å². The van der Waals surface area contributed by atoms with E-state index < -0.39 is 0 Å². The van der Waals surface area contributed by atoms with Crippen LogP contribution in [0.4, 0.5) is 0 Å². The second-order valence-electron chi connectivity index (χ2n) is 7.16. The number of rotatable bonds is 6. The first kappa shape index (κ1) is 17.7. The summed E-state index contributed by atoms with van der Waals surface area (Å²) in [7, 11) is 0. The average molecular weight is 331 g/mol. The summed E-state index contributed by atoms with van der Waals surface area (Å²) in [5.74, 6) is 0.898. The molecule has 0 saturated heterocycles. The van der Waals surface area contributed by atoms with Gasteiger partial charge in [-0.25, -0.2) is 0 Å². The predicted octanol–water partition coefficient (Wildman–Crippen LogP) is 7.46. The first-order chi connectivity index (χ1) is 12.3. The smallest absolute Gasteiger partial charge is 0.0184 e. The van der Waals surface area contributed by atoms with E-state index in [9.17, 15) is 0 Å². The molecule has 25 heavy (non-hydrogen) atoms. The largest absolute Gasteiger partial charge is 0.0917 e. The molecule has 130 valence electrons. The lowest BCUT2D eigenvalue weighted by Crippen LogP contribution is -2.03. The second-order valence-corrected chi connectivity index (χ2v) is 7.16. The van der Waals surface area contributed by atoms with Crippen molar-refractivity contribution >= 4 is 5.57 Å². The van der Waals surface area contributed by atoms with Crippen molar-refractivity contribution in [2.45, 2.75) is 52.4 Å². The van der Waals surface area contributed by atoms with Gasteiger partial charge in [-0.1, -0.05) is 80.1 Å². The molecule has 2 aromatic carbocycles. The molecule has 0 amide bonds. The molecule has 1 unspecified atom stereocenters. The Morgan fingerprint density at radius 3 is 2.12 bits per heavy atom. The van der Waals surface area contributed by atoms with Gasteiger partial charge in [-0.2, -0.15) is 0 Å². The zero-order chi connectivity index (χ0) is 17.5. The van der Waals surface area contributed by atoms with Gasteiger partial charge in [-0.15, -0.1) is 0 Å². The minimum Gasteiger partial charge on any atom is -0.0917 e. The van der Waals surface area contributed by atoms with Gasteiger partial charge in [0.15, 0.2) is 0 Å². The van der Waals surface area contributed by atoms with Gasteiger partial charge in [0.05, 0.1) is 0 Å². The summed E-state index contributed by atoms with van der Waals surface area (Å²) >= 11 is 0. The third-order valence-corrected chi connectivity index (χ3v) is 5.48. The fourth-order valence-electron chi connectivity index (χ4n) is 3.68. The highest BCUT2D eigenvalue weighted by Gasteiger charge is 2.13. The zero-order valence-corrected chi connectivity index (χ0v) is 15.7. The standard InChI is InChI=1S/C25H30/c1-3-5-6-7-21-10-14-23(15-11-21)25-18-16-24(17-19-25)22-12-8-20(4-2)9-13-22/h3,5,10-12,14-20H,4,6-9,13H2,1-2H3/b5-3+. The molecular formula is C25H30. The molecule has 0 radical (unpaired) electrons. The Kier molecular flexibility index (Phi) is 6.28. The van der Waals surface area contributed by atoms with Crippen LogP contribution in [0, 0.1) is 5.92 Å². The van der Waals surface area contributed by atoms with Crippen molar-refractivity contribution in [3.05, 3.63) is 77.9 Å². The molecule has 0 heterocycles. The maximum atomic E-state index is 2.46. The van der Waals surface area contributed by atoms with Crippen LogP contribution in [0.2, 0.25) is 0 Å². The number of aryl methyl sites for hydroxylation is 1. The normalized spacial score (nSPS) is 17.7. The predicted molar refractivity (Wildman–Crippen MR) is 111 cm³/mol. The number of allylic oxidation sites excluding steroid dienone is 4. The Morgan fingerprint density at radius 1 is 0.920 bits per heavy atom. The van der Waals surface area contributed by atoms with Gasteiger partial charge in [-0.3, -0.25) is 0 Å². The lowest BCUT2D eigenvalue weighted by Gasteiger charge is -2.20. The molecule has 0 saturated carbocycles. The Labute approximate surface area is 153 Å². The molecule has 0 aromatic heterocycles. The first-order valence-electron chi connectivity index (χ1n) is 9.80. The molecule has 3 rings (SSSR count). The van der Waals surface area contributed by atoms with Crippen molar-refractivity contribution in [2.24, 2.45) is 5.92 Å². The van der Waals surface area contributed by atoms with Crippen LogP contribution in [-0.2, 0) is 6.42 Å². The average Bonchev–Trinajstić information content (AvgIpc) is 2.69. The topological polar surface area (TPSA) is 0 Å². The van der Waals surface area contributed by atoms with Gasteiger partial charge in [0.2, 0.25) is 0 Å². The van der Waals surface area contributed by atoms with Crippen molar-refractivity contribution in [2.75, 3.05) is 0 Å². The van der Waals surface area contributed by atoms with E-state index >= 15 is 0 Å². The van der Waals surface area contributed by atoms with E-state index in [0.717, 1.165) is 18.8 Å². The molecule has 0 fully saturated rings. The van der Waals surface area contributed by atoms with E-state index in [1.807, 2.05) is 0 Å². The molecule has 0 N–H and O–H groups in total. The Balaban J connectivity index is 1.67. The van der Waals surface area contributed by atoms with Crippen molar-refractivity contribution in [3.8, 4) is 11.1 Å². The molecule has 1 aliphatic carbocycles. The van der Waals surface area contributed by atoms with E-state index in [1.54, 1.807) is 0 Å². The Hall–Kier alpha value is -2.08. The molecular weight excluding hydrogens is 300 g/mol. The third-order valence-electron chi connectivity index (χ3n) is 5.48. The molecule has 0 aliphatic heterocycles. The monoisotopic (exact) mass is 330 g/mol. The summed E-state index contributed by atoms with van der Waals surface area (Å²) in [5, 5.41) is 0. The minimum atomic E-state index is 0.898. The van der Waals surface area contributed by atoms with E-state index in [2.05, 4.69) is 80.6 Å². The van der Waals surface area contributed by atoms with E-state index in [4.69, 9.17) is 0 Å². The Morgan fingerprint density at radius 2 is 1.56 bits per heavy atom. The minimum absolute atomic E-state index is 0.898. The van der Waals surface area contributed by atoms with Gasteiger partial charge < -0.3 is 0 Å². The van der Waals surface area contributed by atoms with E-state index in [0.29, 0.717) is 0 Å². The molecule has 1 atom stereocenters. The number of hydrogen-bond acceptors (Lipinski definition) is 0. The van der Waals surface area contributed by atoms with Crippen molar-refractivity contribution in [1.29, 1.82) is 0 Å². The summed E-state index contributed by atoms with van der Waals surface area (Å²) in [5.41, 5.74) is 6.98. The lowest BCUT2D eigenvalue weighted by atomic mass is 9.85. The molecule has 0 spiro atoms. The molecule has 1 aliphatic rings. The number of benzene rings is 2. The van der Waals surface area contributed by atoms with Crippen LogP contribution in [0.5, 0.6) is 0 Å². The van der Waals surface area contributed by atoms with Crippen LogP contribution in [0.3, 0.4) is 0 Å². The highest BCUT2D eigenvalue weighted by Crippen LogP contribution is 2.32. The second kappa shape index (κ2) is 8.85. The SMILES string of the molecule is C/C=C/CCc1ccc(-c2ccc(C3=CCC(CC)CC3)cc2)cc1. The fourth-order valence-corrected chi connectivity index (χ4v) is 3.68. The summed E-state index contributed by atoms with van der Waals surface area (Å²) < 4.78 is 0. The summed E-state index contributed by atoms with van der Waals surface area (Å²) in [6, 6.07) is 18.2. The van der Waals surface area contributed by atoms with Gasteiger partial charge in [0, 0.05) is 0 Å². The quantitative estimate of drug-likeness (QED) is 0.482. The molecule has 0 bridgehead atoms. The van der Waals surface area contributed by atoms with Crippen LogP contribution in [-0.4, -0.2) is 0 Å². The maximum Gasteiger partial charge on any atom is -0.0184 e. The summed E-state index contributed by atoms with van der Waals surface area (Å²) in [6.07, 6.45) is 14.2. The van der Waals surface area contributed by atoms with E-state index in [1.165, 1.54) is 53.5 Å². The van der Waals surface area contributed by atoms with Crippen LogP contribution >= 0.6 is 0 Å². The Bertz CT molecular complexity index is 714. The van der Waals surface area contributed by atoms with Crippen molar-refractivity contribution < 1.29 is 0 Å². The molecule has 0 heteroatoms. The lowest BCUT2D eigenvalue weighted by molar-refractivity contribution is 0.471. The summed E-state index contributed by atoms with van der Waals surface area (Å²) in [4.78, 5) is 0. The van der Waals surface area contributed by atoms with Crippen molar-refractivity contribution in [3.63, 3.8) is 0 Å². The summed E-state index contributed by atoms with van der Waals surface area (Å²) in [6.45, 7) is 4.39. The van der Waals surface area contributed by atoms with Crippen LogP contribution in [0.1, 0.15) is 57.1 Å². The fraction of sp³-hybridized carbons (Fsp3) is 0.360. The zero-order valence-electron chi connectivity index (χ0n) is 15.7. The van der Waals surface area contributed by atoms with Crippen LogP contribution < -0.4 is 0 Å². The van der Waals surface area contributed by atoms with Gasteiger partial charge in [0.25, 0.3) is 0 Å². The highest BCUT2D eigenvalue weighted by molar-refractivity contribution is 5.71.